The van der Waals surface area contributed by atoms with Gasteiger partial charge in [-0.05, 0) is 55.5 Å². The van der Waals surface area contributed by atoms with Crippen molar-refractivity contribution in [3.63, 3.8) is 0 Å². The predicted molar refractivity (Wildman–Crippen MR) is 99.4 cm³/mol. The topological polar surface area (TPSA) is 41.1 Å². The quantitative estimate of drug-likeness (QED) is 0.845. The Labute approximate surface area is 144 Å². The second-order valence-corrected chi connectivity index (χ2v) is 6.93. The fourth-order valence-corrected chi connectivity index (χ4v) is 3.33. The van der Waals surface area contributed by atoms with E-state index in [1.54, 1.807) is 0 Å². The molecule has 0 atom stereocenters. The van der Waals surface area contributed by atoms with E-state index < -0.39 is 0 Å². The van der Waals surface area contributed by atoms with Crippen LogP contribution in [0.15, 0.2) is 48.5 Å². The molecule has 0 spiro atoms. The highest BCUT2D eigenvalue weighted by Gasteiger charge is 2.38. The van der Waals surface area contributed by atoms with E-state index in [9.17, 15) is 4.79 Å². The van der Waals surface area contributed by atoms with Crippen molar-refractivity contribution in [2.24, 2.45) is 0 Å². The van der Waals surface area contributed by atoms with Gasteiger partial charge in [0.15, 0.2) is 0 Å². The lowest BCUT2D eigenvalue weighted by Gasteiger charge is -2.42. The Kier molecular flexibility index (Phi) is 4.89. The average Bonchev–Trinajstić information content (AvgIpc) is 2.56. The first-order chi connectivity index (χ1) is 11.6. The van der Waals surface area contributed by atoms with Gasteiger partial charge in [-0.2, -0.15) is 0 Å². The fraction of sp³-hybridized carbons (Fsp3) is 0.381. The molecule has 0 aromatic heterocycles. The highest BCUT2D eigenvalue weighted by Crippen LogP contribution is 2.43. The lowest BCUT2D eigenvalue weighted by atomic mass is 9.64. The van der Waals surface area contributed by atoms with Crippen LogP contribution in [0.25, 0.3) is 0 Å². The van der Waals surface area contributed by atoms with Gasteiger partial charge in [-0.25, -0.2) is 0 Å². The van der Waals surface area contributed by atoms with E-state index in [0.29, 0.717) is 6.54 Å². The van der Waals surface area contributed by atoms with Crippen molar-refractivity contribution in [3.8, 4) is 0 Å². The van der Waals surface area contributed by atoms with E-state index in [0.717, 1.165) is 25.1 Å². The molecule has 2 N–H and O–H groups in total. The first-order valence-electron chi connectivity index (χ1n) is 8.72. The highest BCUT2D eigenvalue weighted by atomic mass is 16.1. The van der Waals surface area contributed by atoms with E-state index in [1.807, 2.05) is 12.1 Å². The fourth-order valence-electron chi connectivity index (χ4n) is 3.33. The molecule has 0 saturated heterocycles. The van der Waals surface area contributed by atoms with Crippen molar-refractivity contribution in [1.29, 1.82) is 0 Å². The van der Waals surface area contributed by atoms with Gasteiger partial charge in [0, 0.05) is 17.6 Å². The first-order valence-corrected chi connectivity index (χ1v) is 8.72. The maximum absolute atomic E-state index is 12.2. The van der Waals surface area contributed by atoms with Gasteiger partial charge in [-0.15, -0.1) is 0 Å². The zero-order valence-electron chi connectivity index (χ0n) is 14.6. The Morgan fingerprint density at radius 1 is 1.04 bits per heavy atom. The Morgan fingerprint density at radius 2 is 1.79 bits per heavy atom. The first kappa shape index (κ1) is 16.6. The van der Waals surface area contributed by atoms with Gasteiger partial charge in [0.25, 0.3) is 0 Å². The molecule has 1 saturated carbocycles. The number of aryl methyl sites for hydroxylation is 2. The van der Waals surface area contributed by atoms with Gasteiger partial charge in [-0.3, -0.25) is 4.79 Å². The van der Waals surface area contributed by atoms with E-state index in [1.165, 1.54) is 23.1 Å². The minimum absolute atomic E-state index is 0.0513. The molecular formula is C21H26N2O. The number of benzene rings is 2. The molecule has 126 valence electrons. The minimum atomic E-state index is 0.0513. The summed E-state index contributed by atoms with van der Waals surface area (Å²) in [5, 5.41) is 6.33. The third kappa shape index (κ3) is 3.61. The number of nitrogens with one attached hydrogen (secondary N) is 2. The Morgan fingerprint density at radius 3 is 2.42 bits per heavy atom. The Bertz CT molecular complexity index is 705. The van der Waals surface area contributed by atoms with Crippen LogP contribution in [0.3, 0.4) is 0 Å². The number of rotatable bonds is 6. The van der Waals surface area contributed by atoms with Gasteiger partial charge in [-0.1, -0.05) is 42.8 Å². The maximum atomic E-state index is 12.2. The smallest absolute Gasteiger partial charge is 0.239 e. The third-order valence-corrected chi connectivity index (χ3v) is 5.28. The molecule has 0 heterocycles. The zero-order valence-corrected chi connectivity index (χ0v) is 14.6. The number of amides is 1. The van der Waals surface area contributed by atoms with Crippen LogP contribution < -0.4 is 10.6 Å². The van der Waals surface area contributed by atoms with Crippen LogP contribution in [0.1, 0.15) is 36.0 Å². The number of anilines is 1. The van der Waals surface area contributed by atoms with E-state index >= 15 is 0 Å². The number of hydrogen-bond donors (Lipinski definition) is 2. The molecule has 24 heavy (non-hydrogen) atoms. The Balaban J connectivity index is 1.52. The summed E-state index contributed by atoms with van der Waals surface area (Å²) in [6.07, 6.45) is 3.55. The standard InChI is InChI=1S/C21H26N2O/c1-16-9-10-19(13-17(16)2)22-14-20(24)23-15-21(11-6-12-21)18-7-4-3-5-8-18/h3-5,7-10,13,22H,6,11-12,14-15H2,1-2H3,(H,23,24). The second-order valence-electron chi connectivity index (χ2n) is 6.93. The van der Waals surface area contributed by atoms with Gasteiger partial charge in [0.2, 0.25) is 5.91 Å². The summed E-state index contributed by atoms with van der Waals surface area (Å²) in [6, 6.07) is 16.7. The molecule has 1 amide bonds. The van der Waals surface area contributed by atoms with Crippen LogP contribution in [0, 0.1) is 13.8 Å². The average molecular weight is 322 g/mol. The van der Waals surface area contributed by atoms with E-state index in [-0.39, 0.29) is 11.3 Å². The molecule has 0 bridgehead atoms. The van der Waals surface area contributed by atoms with Crippen LogP contribution >= 0.6 is 0 Å². The largest absolute Gasteiger partial charge is 0.376 e. The molecule has 3 nitrogen and oxygen atoms in total. The zero-order chi connectivity index (χ0) is 17.0. The van der Waals surface area contributed by atoms with Crippen molar-refractivity contribution in [3.05, 3.63) is 65.2 Å². The predicted octanol–water partition coefficient (Wildman–Crippen LogP) is 3.95. The van der Waals surface area contributed by atoms with Crippen molar-refractivity contribution in [1.82, 2.24) is 5.32 Å². The molecule has 0 aliphatic heterocycles. The van der Waals surface area contributed by atoms with E-state index in [2.05, 4.69) is 60.9 Å². The van der Waals surface area contributed by atoms with Crippen LogP contribution in [-0.4, -0.2) is 19.0 Å². The molecule has 1 aliphatic carbocycles. The van der Waals surface area contributed by atoms with Crippen LogP contribution in [0.4, 0.5) is 5.69 Å². The summed E-state index contributed by atoms with van der Waals surface area (Å²) in [6.45, 7) is 5.21. The van der Waals surface area contributed by atoms with Gasteiger partial charge >= 0.3 is 0 Å². The van der Waals surface area contributed by atoms with Gasteiger partial charge in [0.05, 0.1) is 6.54 Å². The van der Waals surface area contributed by atoms with Gasteiger partial charge in [0.1, 0.15) is 0 Å². The summed E-state index contributed by atoms with van der Waals surface area (Å²) < 4.78 is 0. The summed E-state index contributed by atoms with van der Waals surface area (Å²) in [5.74, 6) is 0.0513. The number of carbonyl (C=O) groups is 1. The molecule has 2 aromatic rings. The minimum Gasteiger partial charge on any atom is -0.376 e. The van der Waals surface area contributed by atoms with Crippen molar-refractivity contribution >= 4 is 11.6 Å². The van der Waals surface area contributed by atoms with Crippen LogP contribution in [-0.2, 0) is 10.2 Å². The second kappa shape index (κ2) is 7.08. The summed E-state index contributed by atoms with van der Waals surface area (Å²) in [5.41, 5.74) is 4.98. The number of carbonyl (C=O) groups excluding carboxylic acids is 1. The molecule has 1 aliphatic rings. The van der Waals surface area contributed by atoms with Gasteiger partial charge < -0.3 is 10.6 Å². The molecule has 1 fully saturated rings. The molecule has 0 radical (unpaired) electrons. The molecule has 2 aromatic carbocycles. The lowest BCUT2D eigenvalue weighted by molar-refractivity contribution is -0.119. The molecular weight excluding hydrogens is 296 g/mol. The monoisotopic (exact) mass is 322 g/mol. The van der Waals surface area contributed by atoms with Crippen molar-refractivity contribution < 1.29 is 4.79 Å². The number of hydrogen-bond acceptors (Lipinski definition) is 2. The lowest BCUT2D eigenvalue weighted by Crippen LogP contribution is -2.46. The molecule has 0 unspecified atom stereocenters. The Hall–Kier alpha value is -2.29. The third-order valence-electron chi connectivity index (χ3n) is 5.28. The van der Waals surface area contributed by atoms with Crippen LogP contribution in [0.2, 0.25) is 0 Å². The van der Waals surface area contributed by atoms with E-state index in [4.69, 9.17) is 0 Å². The van der Waals surface area contributed by atoms with Crippen molar-refractivity contribution in [2.45, 2.75) is 38.5 Å². The highest BCUT2D eigenvalue weighted by molar-refractivity contribution is 5.80. The maximum Gasteiger partial charge on any atom is 0.239 e. The summed E-state index contributed by atoms with van der Waals surface area (Å²) in [4.78, 5) is 12.2. The molecule has 3 rings (SSSR count). The van der Waals surface area contributed by atoms with Crippen molar-refractivity contribution in [2.75, 3.05) is 18.4 Å². The SMILES string of the molecule is Cc1ccc(NCC(=O)NCC2(c3ccccc3)CCC2)cc1C. The molecule has 3 heteroatoms. The summed E-state index contributed by atoms with van der Waals surface area (Å²) in [7, 11) is 0. The summed E-state index contributed by atoms with van der Waals surface area (Å²) >= 11 is 0. The van der Waals surface area contributed by atoms with Crippen LogP contribution in [0.5, 0.6) is 0 Å². The normalized spacial score (nSPS) is 15.4.